The number of nitrogens with zero attached hydrogens (tertiary/aromatic N) is 2. The summed E-state index contributed by atoms with van der Waals surface area (Å²) in [6.07, 6.45) is 0. The van der Waals surface area contributed by atoms with Gasteiger partial charge in [-0.25, -0.2) is 10.4 Å². The first kappa shape index (κ1) is 18.2. The van der Waals surface area contributed by atoms with Crippen molar-refractivity contribution >= 4 is 28.0 Å². The summed E-state index contributed by atoms with van der Waals surface area (Å²) in [6, 6.07) is 22.4. The highest BCUT2D eigenvalue weighted by molar-refractivity contribution is 5.80. The van der Waals surface area contributed by atoms with E-state index in [4.69, 9.17) is 4.42 Å². The predicted octanol–water partition coefficient (Wildman–Crippen LogP) is 5.83. The molecular formula is C25H22N4O. The minimum absolute atomic E-state index is 0.603. The number of hydrogen-bond donors (Lipinski definition) is 2. The second kappa shape index (κ2) is 7.19. The zero-order valence-corrected chi connectivity index (χ0v) is 17.2. The lowest BCUT2D eigenvalue weighted by Gasteiger charge is -2.08. The van der Waals surface area contributed by atoms with Gasteiger partial charge in [-0.3, -0.25) is 0 Å². The van der Waals surface area contributed by atoms with Crippen molar-refractivity contribution in [1.29, 1.82) is 0 Å². The van der Waals surface area contributed by atoms with Gasteiger partial charge in [-0.1, -0.05) is 42.0 Å². The van der Waals surface area contributed by atoms with Gasteiger partial charge < -0.3 is 9.40 Å². The fourth-order valence-corrected chi connectivity index (χ4v) is 3.50. The van der Waals surface area contributed by atoms with E-state index in [0.29, 0.717) is 5.95 Å². The molecule has 0 aliphatic rings. The third-order valence-electron chi connectivity index (χ3n) is 5.37. The lowest BCUT2D eigenvalue weighted by molar-refractivity contribution is 0.617. The van der Waals surface area contributed by atoms with Crippen molar-refractivity contribution < 1.29 is 4.42 Å². The maximum Gasteiger partial charge on any atom is 0.222 e. The summed E-state index contributed by atoms with van der Waals surface area (Å²) in [5.41, 5.74) is 10.4. The Labute approximate surface area is 174 Å². The van der Waals surface area contributed by atoms with Crippen molar-refractivity contribution in [3.05, 3.63) is 88.8 Å². The third-order valence-corrected chi connectivity index (χ3v) is 5.37. The summed E-state index contributed by atoms with van der Waals surface area (Å²) in [7, 11) is 0. The molecule has 0 radical (unpaired) electrons. The highest BCUT2D eigenvalue weighted by Crippen LogP contribution is 2.24. The molecule has 5 rings (SSSR count). The Morgan fingerprint density at radius 2 is 1.67 bits per heavy atom. The van der Waals surface area contributed by atoms with Crippen LogP contribution in [0.25, 0.3) is 33.3 Å². The van der Waals surface area contributed by atoms with Crippen molar-refractivity contribution in [3.8, 4) is 11.3 Å². The molecule has 0 saturated heterocycles. The summed E-state index contributed by atoms with van der Waals surface area (Å²) in [4.78, 5) is 7.79. The van der Waals surface area contributed by atoms with E-state index < -0.39 is 0 Å². The first-order valence-electron chi connectivity index (χ1n) is 9.93. The lowest BCUT2D eigenvalue weighted by atomic mass is 10.1. The Kier molecular flexibility index (Phi) is 4.36. The molecule has 2 N–H and O–H groups in total. The Hall–Kier alpha value is -3.86. The van der Waals surface area contributed by atoms with Crippen LogP contribution in [0, 0.1) is 20.8 Å². The van der Waals surface area contributed by atoms with E-state index in [9.17, 15) is 0 Å². The molecule has 5 heteroatoms. The van der Waals surface area contributed by atoms with Gasteiger partial charge in [-0.05, 0) is 56.2 Å². The number of anilines is 1. The molecule has 148 valence electrons. The van der Waals surface area contributed by atoms with Gasteiger partial charge in [-0.15, -0.1) is 0 Å². The standard InChI is InChI=1S/C25H22N4O/c1-15-8-10-18(11-9-15)23-14-22(19-12-16(2)17(3)13-24(19)30-23)28-29-25-26-20-6-4-5-7-21(20)27-25/h4-14H,1-3H3,(H2,26,27,29)/b28-22+. The van der Waals surface area contributed by atoms with E-state index in [1.807, 2.05) is 30.3 Å². The highest BCUT2D eigenvalue weighted by atomic mass is 16.3. The van der Waals surface area contributed by atoms with Gasteiger partial charge in [0.1, 0.15) is 11.3 Å². The van der Waals surface area contributed by atoms with E-state index >= 15 is 0 Å². The third kappa shape index (κ3) is 3.35. The van der Waals surface area contributed by atoms with Crippen LogP contribution < -0.4 is 10.8 Å². The minimum Gasteiger partial charge on any atom is -0.456 e. The molecule has 0 amide bonds. The summed E-state index contributed by atoms with van der Waals surface area (Å²) in [5, 5.41) is 6.43. The van der Waals surface area contributed by atoms with E-state index in [1.165, 1.54) is 16.7 Å². The molecule has 30 heavy (non-hydrogen) atoms. The summed E-state index contributed by atoms with van der Waals surface area (Å²) >= 11 is 0. The van der Waals surface area contributed by atoms with Crippen molar-refractivity contribution in [2.24, 2.45) is 5.10 Å². The van der Waals surface area contributed by atoms with Crippen LogP contribution >= 0.6 is 0 Å². The van der Waals surface area contributed by atoms with E-state index in [0.717, 1.165) is 38.7 Å². The van der Waals surface area contributed by atoms with Crippen molar-refractivity contribution in [3.63, 3.8) is 0 Å². The molecule has 5 nitrogen and oxygen atoms in total. The van der Waals surface area contributed by atoms with Crippen molar-refractivity contribution in [2.45, 2.75) is 20.8 Å². The van der Waals surface area contributed by atoms with Gasteiger partial charge in [0.05, 0.1) is 16.4 Å². The average molecular weight is 394 g/mol. The number of imidazole rings is 1. The number of H-pyrrole nitrogens is 1. The molecule has 0 bridgehead atoms. The Morgan fingerprint density at radius 1 is 0.900 bits per heavy atom. The van der Waals surface area contributed by atoms with Crippen LogP contribution in [0.2, 0.25) is 0 Å². The van der Waals surface area contributed by atoms with Gasteiger partial charge in [0.25, 0.3) is 0 Å². The van der Waals surface area contributed by atoms with Crippen LogP contribution in [-0.2, 0) is 0 Å². The molecule has 0 fully saturated rings. The topological polar surface area (TPSA) is 66.2 Å². The Bertz CT molecular complexity index is 1410. The summed E-state index contributed by atoms with van der Waals surface area (Å²) in [6.45, 7) is 6.26. The normalized spacial score (nSPS) is 12.0. The van der Waals surface area contributed by atoms with E-state index in [2.05, 4.69) is 77.7 Å². The molecule has 0 aliphatic heterocycles. The van der Waals surface area contributed by atoms with Crippen LogP contribution in [0.1, 0.15) is 16.7 Å². The maximum absolute atomic E-state index is 6.25. The van der Waals surface area contributed by atoms with Gasteiger partial charge in [0.15, 0.2) is 0 Å². The predicted molar refractivity (Wildman–Crippen MR) is 121 cm³/mol. The molecule has 5 aromatic rings. The first-order chi connectivity index (χ1) is 14.6. The lowest BCUT2D eigenvalue weighted by Crippen LogP contribution is -2.08. The minimum atomic E-state index is 0.603. The number of fused-ring (bicyclic) bond motifs is 2. The Balaban J connectivity index is 1.66. The number of aromatic nitrogens is 2. The van der Waals surface area contributed by atoms with Crippen LogP contribution in [0.3, 0.4) is 0 Å². The number of rotatable bonds is 3. The number of benzene rings is 3. The second-order valence-corrected chi connectivity index (χ2v) is 7.62. The molecule has 2 aromatic heterocycles. The molecule has 0 atom stereocenters. The Morgan fingerprint density at radius 3 is 2.47 bits per heavy atom. The summed E-state index contributed by atoms with van der Waals surface area (Å²) < 4.78 is 6.25. The van der Waals surface area contributed by atoms with Gasteiger partial charge >= 0.3 is 0 Å². The fraction of sp³-hybridized carbons (Fsp3) is 0.120. The van der Waals surface area contributed by atoms with Gasteiger partial charge in [-0.2, -0.15) is 5.10 Å². The fourth-order valence-electron chi connectivity index (χ4n) is 3.50. The first-order valence-corrected chi connectivity index (χ1v) is 9.93. The average Bonchev–Trinajstić information content (AvgIpc) is 3.16. The quantitative estimate of drug-likeness (QED) is 0.378. The smallest absolute Gasteiger partial charge is 0.222 e. The molecular weight excluding hydrogens is 372 g/mol. The zero-order chi connectivity index (χ0) is 20.7. The molecule has 0 unspecified atom stereocenters. The largest absolute Gasteiger partial charge is 0.456 e. The number of nitrogens with one attached hydrogen (secondary N) is 2. The summed E-state index contributed by atoms with van der Waals surface area (Å²) in [5.74, 6) is 1.38. The van der Waals surface area contributed by atoms with Crippen molar-refractivity contribution in [2.75, 3.05) is 5.43 Å². The monoisotopic (exact) mass is 394 g/mol. The highest BCUT2D eigenvalue weighted by Gasteiger charge is 2.09. The van der Waals surface area contributed by atoms with Crippen LogP contribution in [0.5, 0.6) is 0 Å². The van der Waals surface area contributed by atoms with Gasteiger partial charge in [0, 0.05) is 17.0 Å². The van der Waals surface area contributed by atoms with Crippen LogP contribution in [0.15, 0.2) is 76.2 Å². The SMILES string of the molecule is Cc1ccc(-c2c/c(=N\Nc3nc4ccccc4[nH]3)c3cc(C)c(C)cc3o2)cc1. The molecule has 0 spiro atoms. The number of hydrogen-bond acceptors (Lipinski definition) is 4. The zero-order valence-electron chi connectivity index (χ0n) is 17.2. The molecule has 3 aromatic carbocycles. The number of para-hydroxylation sites is 2. The number of aryl methyl sites for hydroxylation is 3. The van der Waals surface area contributed by atoms with E-state index in [-0.39, 0.29) is 0 Å². The number of aromatic amines is 1. The van der Waals surface area contributed by atoms with E-state index in [1.54, 1.807) is 0 Å². The van der Waals surface area contributed by atoms with Crippen LogP contribution in [0.4, 0.5) is 5.95 Å². The van der Waals surface area contributed by atoms with Crippen molar-refractivity contribution in [1.82, 2.24) is 9.97 Å². The molecule has 0 aliphatic carbocycles. The van der Waals surface area contributed by atoms with Crippen LogP contribution in [-0.4, -0.2) is 9.97 Å². The maximum atomic E-state index is 6.25. The molecule has 0 saturated carbocycles. The molecule has 2 heterocycles. The van der Waals surface area contributed by atoms with Gasteiger partial charge in [0.2, 0.25) is 5.95 Å². The second-order valence-electron chi connectivity index (χ2n) is 7.62.